The normalized spacial score (nSPS) is 11.0. The van der Waals surface area contributed by atoms with Crippen LogP contribution in [0.4, 0.5) is 8.78 Å². The van der Waals surface area contributed by atoms with Crippen molar-refractivity contribution in [3.05, 3.63) is 28.8 Å². The van der Waals surface area contributed by atoms with Crippen molar-refractivity contribution in [2.24, 2.45) is 0 Å². The highest BCUT2D eigenvalue weighted by molar-refractivity contribution is 5.45. The molecular formula is C12H13F2NO. The van der Waals surface area contributed by atoms with Crippen LogP contribution in [0.2, 0.25) is 0 Å². The zero-order valence-corrected chi connectivity index (χ0v) is 9.47. The Morgan fingerprint density at radius 1 is 1.31 bits per heavy atom. The summed E-state index contributed by atoms with van der Waals surface area (Å²) < 4.78 is 32.2. The van der Waals surface area contributed by atoms with E-state index in [0.29, 0.717) is 16.9 Å². The van der Waals surface area contributed by atoms with E-state index in [9.17, 15) is 8.78 Å². The molecule has 2 nitrogen and oxygen atoms in total. The maximum Gasteiger partial charge on any atom is 0.286 e. The second kappa shape index (κ2) is 4.48. The fourth-order valence-corrected chi connectivity index (χ4v) is 1.61. The molecule has 0 aliphatic rings. The summed E-state index contributed by atoms with van der Waals surface area (Å²) in [6, 6.07) is 4.32. The number of methoxy groups -OCH3 is 1. The van der Waals surface area contributed by atoms with Gasteiger partial charge in [0.2, 0.25) is 0 Å². The van der Waals surface area contributed by atoms with Gasteiger partial charge in [0.25, 0.3) is 5.92 Å². The zero-order valence-electron chi connectivity index (χ0n) is 9.47. The van der Waals surface area contributed by atoms with Crippen LogP contribution in [0.1, 0.15) is 23.1 Å². The van der Waals surface area contributed by atoms with Crippen molar-refractivity contribution in [1.29, 1.82) is 5.26 Å². The van der Waals surface area contributed by atoms with Crippen LogP contribution in [0.25, 0.3) is 0 Å². The van der Waals surface area contributed by atoms with E-state index in [0.717, 1.165) is 0 Å². The molecule has 1 rings (SSSR count). The van der Waals surface area contributed by atoms with Gasteiger partial charge in [0.15, 0.2) is 0 Å². The SMILES string of the molecule is COc1ccc(C(F)(F)CC#N)c(C)c1C. The van der Waals surface area contributed by atoms with Gasteiger partial charge in [0.1, 0.15) is 12.2 Å². The Kier molecular flexibility index (Phi) is 3.48. The molecule has 0 saturated carbocycles. The summed E-state index contributed by atoms with van der Waals surface area (Å²) in [7, 11) is 1.49. The number of nitrogens with zero attached hydrogens (tertiary/aromatic N) is 1. The van der Waals surface area contributed by atoms with Crippen LogP contribution in [0, 0.1) is 25.2 Å². The van der Waals surface area contributed by atoms with E-state index in [-0.39, 0.29) is 5.56 Å². The van der Waals surface area contributed by atoms with Crippen molar-refractivity contribution < 1.29 is 13.5 Å². The van der Waals surface area contributed by atoms with E-state index < -0.39 is 12.3 Å². The van der Waals surface area contributed by atoms with Gasteiger partial charge in [-0.05, 0) is 37.1 Å². The number of halogens is 2. The molecule has 0 fully saturated rings. The fourth-order valence-electron chi connectivity index (χ4n) is 1.61. The number of hydrogen-bond donors (Lipinski definition) is 0. The molecule has 0 bridgehead atoms. The lowest BCUT2D eigenvalue weighted by atomic mass is 9.96. The molecule has 0 aliphatic carbocycles. The summed E-state index contributed by atoms with van der Waals surface area (Å²) >= 11 is 0. The van der Waals surface area contributed by atoms with Crippen LogP contribution >= 0.6 is 0 Å². The molecule has 4 heteroatoms. The molecule has 0 spiro atoms. The van der Waals surface area contributed by atoms with Crippen LogP contribution in [0.3, 0.4) is 0 Å². The maximum absolute atomic E-state index is 13.6. The van der Waals surface area contributed by atoms with Crippen LogP contribution < -0.4 is 4.74 Å². The summed E-state index contributed by atoms with van der Waals surface area (Å²) in [5.41, 5.74) is 1.05. The van der Waals surface area contributed by atoms with Gasteiger partial charge in [-0.25, -0.2) is 8.78 Å². The molecule has 0 N–H and O–H groups in total. The number of nitriles is 1. The van der Waals surface area contributed by atoms with Gasteiger partial charge in [0.05, 0.1) is 13.2 Å². The van der Waals surface area contributed by atoms with Crippen LogP contribution in [-0.2, 0) is 5.92 Å². The number of benzene rings is 1. The first-order chi connectivity index (χ1) is 7.44. The number of rotatable bonds is 3. The molecule has 0 atom stereocenters. The van der Waals surface area contributed by atoms with Gasteiger partial charge < -0.3 is 4.74 Å². The molecule has 86 valence electrons. The Morgan fingerprint density at radius 2 is 1.94 bits per heavy atom. The summed E-state index contributed by atoms with van der Waals surface area (Å²) in [6.07, 6.45) is -0.806. The lowest BCUT2D eigenvalue weighted by Crippen LogP contribution is -2.15. The Hall–Kier alpha value is -1.63. The standard InChI is InChI=1S/C12H13F2NO/c1-8-9(2)11(16-3)5-4-10(8)12(13,14)6-7-15/h4-5H,6H2,1-3H3. The van der Waals surface area contributed by atoms with Gasteiger partial charge in [0, 0.05) is 5.56 Å². The van der Waals surface area contributed by atoms with Crippen molar-refractivity contribution in [2.45, 2.75) is 26.2 Å². The Bertz CT molecular complexity index is 435. The zero-order chi connectivity index (χ0) is 12.3. The minimum atomic E-state index is -3.10. The van der Waals surface area contributed by atoms with E-state index in [1.807, 2.05) is 0 Å². The number of ether oxygens (including phenoxy) is 1. The predicted molar refractivity (Wildman–Crippen MR) is 56.6 cm³/mol. The summed E-state index contributed by atoms with van der Waals surface area (Å²) in [5.74, 6) is -2.52. The lowest BCUT2D eigenvalue weighted by molar-refractivity contribution is 0.000222. The van der Waals surface area contributed by atoms with Gasteiger partial charge >= 0.3 is 0 Å². The summed E-state index contributed by atoms with van der Waals surface area (Å²) in [5, 5.41) is 8.37. The average molecular weight is 225 g/mol. The van der Waals surface area contributed by atoms with E-state index in [1.165, 1.54) is 25.3 Å². The minimum absolute atomic E-state index is 0.104. The van der Waals surface area contributed by atoms with E-state index >= 15 is 0 Å². The summed E-state index contributed by atoms with van der Waals surface area (Å²) in [6.45, 7) is 3.33. The Morgan fingerprint density at radius 3 is 2.44 bits per heavy atom. The third kappa shape index (κ3) is 2.13. The maximum atomic E-state index is 13.6. The van der Waals surface area contributed by atoms with Gasteiger partial charge in [-0.1, -0.05) is 0 Å². The van der Waals surface area contributed by atoms with E-state index in [2.05, 4.69) is 0 Å². The number of hydrogen-bond acceptors (Lipinski definition) is 2. The number of alkyl halides is 2. The molecule has 0 heterocycles. The molecule has 0 aliphatic heterocycles. The van der Waals surface area contributed by atoms with Crippen LogP contribution in [-0.4, -0.2) is 7.11 Å². The van der Waals surface area contributed by atoms with E-state index in [4.69, 9.17) is 10.00 Å². The molecule has 0 radical (unpaired) electrons. The van der Waals surface area contributed by atoms with Crippen molar-refractivity contribution in [3.8, 4) is 11.8 Å². The first-order valence-corrected chi connectivity index (χ1v) is 4.83. The molecule has 16 heavy (non-hydrogen) atoms. The molecule has 0 amide bonds. The van der Waals surface area contributed by atoms with Gasteiger partial charge in [-0.15, -0.1) is 0 Å². The van der Waals surface area contributed by atoms with Crippen molar-refractivity contribution in [3.63, 3.8) is 0 Å². The second-order valence-electron chi connectivity index (χ2n) is 3.60. The first kappa shape index (κ1) is 12.4. The van der Waals surface area contributed by atoms with Crippen molar-refractivity contribution >= 4 is 0 Å². The molecule has 0 unspecified atom stereocenters. The molecule has 1 aromatic rings. The smallest absolute Gasteiger partial charge is 0.286 e. The third-order valence-electron chi connectivity index (χ3n) is 2.65. The summed E-state index contributed by atoms with van der Waals surface area (Å²) in [4.78, 5) is 0. The third-order valence-corrected chi connectivity index (χ3v) is 2.65. The van der Waals surface area contributed by atoms with Gasteiger partial charge in [-0.2, -0.15) is 5.26 Å². The van der Waals surface area contributed by atoms with Crippen LogP contribution in [0.15, 0.2) is 12.1 Å². The van der Waals surface area contributed by atoms with Gasteiger partial charge in [-0.3, -0.25) is 0 Å². The lowest BCUT2D eigenvalue weighted by Gasteiger charge is -2.18. The van der Waals surface area contributed by atoms with Crippen molar-refractivity contribution in [1.82, 2.24) is 0 Å². The fraction of sp³-hybridized carbons (Fsp3) is 0.417. The Balaban J connectivity index is 3.28. The van der Waals surface area contributed by atoms with Crippen LogP contribution in [0.5, 0.6) is 5.75 Å². The molecule has 0 saturated heterocycles. The molecular weight excluding hydrogens is 212 g/mol. The monoisotopic (exact) mass is 225 g/mol. The quantitative estimate of drug-likeness (QED) is 0.790. The molecule has 1 aromatic carbocycles. The highest BCUT2D eigenvalue weighted by Crippen LogP contribution is 2.36. The second-order valence-corrected chi connectivity index (χ2v) is 3.60. The van der Waals surface area contributed by atoms with Crippen molar-refractivity contribution in [2.75, 3.05) is 7.11 Å². The largest absolute Gasteiger partial charge is 0.496 e. The average Bonchev–Trinajstić information content (AvgIpc) is 2.21. The highest BCUT2D eigenvalue weighted by Gasteiger charge is 2.33. The predicted octanol–water partition coefficient (Wildman–Crippen LogP) is 3.32. The topological polar surface area (TPSA) is 33.0 Å². The first-order valence-electron chi connectivity index (χ1n) is 4.83. The minimum Gasteiger partial charge on any atom is -0.496 e. The highest BCUT2D eigenvalue weighted by atomic mass is 19.3. The van der Waals surface area contributed by atoms with E-state index in [1.54, 1.807) is 13.8 Å². The Labute approximate surface area is 93.5 Å². The molecule has 0 aromatic heterocycles.